The van der Waals surface area contributed by atoms with Crippen LogP contribution in [-0.4, -0.2) is 19.0 Å². The molecule has 0 spiro atoms. The molecule has 3 aromatic rings. The molecule has 0 aliphatic heterocycles. The van der Waals surface area contributed by atoms with Crippen molar-refractivity contribution in [1.82, 2.24) is 0 Å². The first-order valence-electron chi connectivity index (χ1n) is 7.29. The lowest BCUT2D eigenvalue weighted by molar-refractivity contribution is -0.623. The normalized spacial score (nSPS) is 10.8. The van der Waals surface area contributed by atoms with Gasteiger partial charge in [-0.3, -0.25) is 10.1 Å². The minimum Gasteiger partial charge on any atom is -0.378 e. The van der Waals surface area contributed by atoms with Gasteiger partial charge in [-0.05, 0) is 24.6 Å². The van der Waals surface area contributed by atoms with E-state index in [-0.39, 0.29) is 5.69 Å². The summed E-state index contributed by atoms with van der Waals surface area (Å²) in [5.41, 5.74) is 2.48. The van der Waals surface area contributed by atoms with E-state index < -0.39 is 10.7 Å². The zero-order chi connectivity index (χ0) is 17.4. The molecule has 24 heavy (non-hydrogen) atoms. The van der Waals surface area contributed by atoms with Gasteiger partial charge >= 0.3 is 5.76 Å². The van der Waals surface area contributed by atoms with Crippen molar-refractivity contribution in [2.24, 2.45) is 0 Å². The highest BCUT2D eigenvalue weighted by Crippen LogP contribution is 2.23. The smallest absolute Gasteiger partial charge is 0.378 e. The summed E-state index contributed by atoms with van der Waals surface area (Å²) in [5.74, 6) is -0.544. The summed E-state index contributed by atoms with van der Waals surface area (Å²) in [4.78, 5) is 24.8. The van der Waals surface area contributed by atoms with Gasteiger partial charge in [0.05, 0.1) is 10.3 Å². The molecule has 1 aromatic heterocycles. The van der Waals surface area contributed by atoms with Crippen LogP contribution in [0.15, 0.2) is 51.8 Å². The Morgan fingerprint density at radius 3 is 2.42 bits per heavy atom. The van der Waals surface area contributed by atoms with E-state index in [1.165, 1.54) is 16.7 Å². The first kappa shape index (κ1) is 15.7. The number of nitro benzene ring substituents is 1. The molecule has 0 unspecified atom stereocenters. The van der Waals surface area contributed by atoms with E-state index in [1.54, 1.807) is 25.3 Å². The topological polar surface area (TPSA) is 80.5 Å². The van der Waals surface area contributed by atoms with Crippen LogP contribution in [-0.2, 0) is 0 Å². The number of nitrogens with zero attached hydrogens (tertiary/aromatic N) is 3. The summed E-state index contributed by atoms with van der Waals surface area (Å²) in [6.45, 7) is 1.68. The molecular weight excluding hydrogens is 310 g/mol. The van der Waals surface area contributed by atoms with Crippen LogP contribution >= 0.6 is 0 Å². The molecule has 3 rings (SSSR count). The van der Waals surface area contributed by atoms with Gasteiger partial charge in [0, 0.05) is 44.0 Å². The lowest BCUT2D eigenvalue weighted by atomic mass is 10.1. The Hall–Kier alpha value is -3.22. The van der Waals surface area contributed by atoms with E-state index in [1.807, 2.05) is 31.1 Å². The van der Waals surface area contributed by atoms with Crippen molar-refractivity contribution in [2.75, 3.05) is 19.0 Å². The number of benzene rings is 2. The van der Waals surface area contributed by atoms with Crippen LogP contribution in [0.2, 0.25) is 0 Å². The highest BCUT2D eigenvalue weighted by atomic mass is 16.6. The fourth-order valence-electron chi connectivity index (χ4n) is 2.54. The van der Waals surface area contributed by atoms with Crippen LogP contribution < -0.4 is 15.2 Å². The number of aromatic nitrogens is 1. The molecular formula is C17H16N3O4+. The number of anilines is 1. The third kappa shape index (κ3) is 2.71. The van der Waals surface area contributed by atoms with Gasteiger partial charge < -0.3 is 9.32 Å². The highest BCUT2D eigenvalue weighted by molar-refractivity contribution is 5.81. The first-order chi connectivity index (χ1) is 11.4. The lowest BCUT2D eigenvalue weighted by Gasteiger charge is -2.11. The van der Waals surface area contributed by atoms with Gasteiger partial charge in [-0.15, -0.1) is 0 Å². The second-order valence-electron chi connectivity index (χ2n) is 5.72. The van der Waals surface area contributed by atoms with E-state index >= 15 is 0 Å². The maximum atomic E-state index is 12.3. The number of rotatable bonds is 3. The second kappa shape index (κ2) is 5.77. The van der Waals surface area contributed by atoms with Crippen molar-refractivity contribution < 1.29 is 13.9 Å². The molecule has 0 atom stereocenters. The minimum atomic E-state index is -0.544. The fourth-order valence-corrected chi connectivity index (χ4v) is 2.54. The zero-order valence-corrected chi connectivity index (χ0v) is 13.5. The molecule has 7 nitrogen and oxygen atoms in total. The molecule has 7 heteroatoms. The Balaban J connectivity index is 2.19. The highest BCUT2D eigenvalue weighted by Gasteiger charge is 2.19. The summed E-state index contributed by atoms with van der Waals surface area (Å²) in [6.07, 6.45) is 1.56. The second-order valence-corrected chi connectivity index (χ2v) is 5.72. The molecule has 0 bridgehead atoms. The van der Waals surface area contributed by atoms with Crippen molar-refractivity contribution in [3.05, 3.63) is 68.8 Å². The lowest BCUT2D eigenvalue weighted by Crippen LogP contribution is -2.46. The summed E-state index contributed by atoms with van der Waals surface area (Å²) < 4.78 is 6.70. The number of nitro groups is 1. The van der Waals surface area contributed by atoms with Crippen LogP contribution in [0.25, 0.3) is 16.7 Å². The molecule has 0 N–H and O–H groups in total. The molecule has 0 fully saturated rings. The van der Waals surface area contributed by atoms with E-state index in [4.69, 9.17) is 4.42 Å². The Morgan fingerprint density at radius 2 is 1.83 bits per heavy atom. The fraction of sp³-hybridized carbons (Fsp3) is 0.176. The monoisotopic (exact) mass is 326 g/mol. The van der Waals surface area contributed by atoms with Gasteiger partial charge in [-0.25, -0.2) is 0 Å². The largest absolute Gasteiger partial charge is 0.608 e. The van der Waals surface area contributed by atoms with Crippen LogP contribution in [0, 0.1) is 17.0 Å². The van der Waals surface area contributed by atoms with E-state index in [0.29, 0.717) is 22.2 Å². The molecule has 122 valence electrons. The molecule has 0 radical (unpaired) electrons. The van der Waals surface area contributed by atoms with Crippen molar-refractivity contribution in [3.63, 3.8) is 0 Å². The number of aryl methyl sites for hydroxylation is 1. The Bertz CT molecular complexity index is 991. The minimum absolute atomic E-state index is 0.0386. The van der Waals surface area contributed by atoms with Gasteiger partial charge in [-0.2, -0.15) is 4.79 Å². The number of hydrogen-bond donors (Lipinski definition) is 0. The third-order valence-corrected chi connectivity index (χ3v) is 3.80. The van der Waals surface area contributed by atoms with Gasteiger partial charge in [0.2, 0.25) is 5.69 Å². The van der Waals surface area contributed by atoms with Crippen LogP contribution in [0.1, 0.15) is 5.56 Å². The maximum Gasteiger partial charge on any atom is 0.608 e. The van der Waals surface area contributed by atoms with Gasteiger partial charge in [0.15, 0.2) is 11.8 Å². The zero-order valence-electron chi connectivity index (χ0n) is 13.5. The summed E-state index contributed by atoms with van der Waals surface area (Å²) in [5, 5.41) is 11.5. The molecule has 0 saturated carbocycles. The quantitative estimate of drug-likeness (QED) is 0.419. The van der Waals surface area contributed by atoms with Crippen LogP contribution in [0.5, 0.6) is 0 Å². The van der Waals surface area contributed by atoms with Crippen LogP contribution in [0.4, 0.5) is 11.4 Å². The summed E-state index contributed by atoms with van der Waals surface area (Å²) in [7, 11) is 3.85. The van der Waals surface area contributed by atoms with Crippen LogP contribution in [0.3, 0.4) is 0 Å². The molecule has 1 heterocycles. The van der Waals surface area contributed by atoms with Crippen molar-refractivity contribution in [1.29, 1.82) is 0 Å². The SMILES string of the molecule is Cc1cc([N+](=O)[O-])cc2c[n+](-c3ccc(N(C)C)cc3)c(=O)oc12. The molecule has 0 saturated heterocycles. The third-order valence-electron chi connectivity index (χ3n) is 3.80. The molecule has 0 aliphatic rings. The van der Waals surface area contributed by atoms with Gasteiger partial charge in [0.1, 0.15) is 0 Å². The summed E-state index contributed by atoms with van der Waals surface area (Å²) >= 11 is 0. The number of non-ortho nitro benzene ring substituents is 1. The Kier molecular flexibility index (Phi) is 3.76. The van der Waals surface area contributed by atoms with Gasteiger partial charge in [-0.1, -0.05) is 4.57 Å². The number of hydrogen-bond acceptors (Lipinski definition) is 5. The van der Waals surface area contributed by atoms with E-state index in [0.717, 1.165) is 5.69 Å². The van der Waals surface area contributed by atoms with Gasteiger partial charge in [0.25, 0.3) is 5.69 Å². The average Bonchev–Trinajstić information content (AvgIpc) is 2.55. The maximum absolute atomic E-state index is 12.3. The first-order valence-corrected chi connectivity index (χ1v) is 7.29. The predicted octanol–water partition coefficient (Wildman–Crippen LogP) is 2.35. The standard InChI is InChI=1S/C17H16N3O4/c1-11-8-15(20(22)23)9-12-10-19(17(21)24-16(11)12)14-6-4-13(5-7-14)18(2)3/h4-10H,1-3H3/q+1. The Morgan fingerprint density at radius 1 is 1.17 bits per heavy atom. The average molecular weight is 326 g/mol. The van der Waals surface area contributed by atoms with E-state index in [9.17, 15) is 14.9 Å². The number of fused-ring (bicyclic) bond motifs is 1. The summed E-state index contributed by atoms with van der Waals surface area (Å²) in [6, 6.07) is 10.1. The Labute approximate surface area is 137 Å². The van der Waals surface area contributed by atoms with Crippen molar-refractivity contribution >= 4 is 22.3 Å². The predicted molar refractivity (Wildman–Crippen MR) is 89.7 cm³/mol. The van der Waals surface area contributed by atoms with Crippen molar-refractivity contribution in [3.8, 4) is 5.69 Å². The molecule has 0 aliphatic carbocycles. The van der Waals surface area contributed by atoms with E-state index in [2.05, 4.69) is 0 Å². The molecule has 2 aromatic carbocycles. The van der Waals surface area contributed by atoms with Crippen molar-refractivity contribution in [2.45, 2.75) is 6.92 Å². The molecule has 0 amide bonds.